The molecule has 1 saturated heterocycles. The van der Waals surface area contributed by atoms with Gasteiger partial charge in [0.2, 0.25) is 10.0 Å². The molecule has 1 heterocycles. The zero-order valence-corrected chi connectivity index (χ0v) is 19.0. The SMILES string of the molecule is CC(C)S(=O)(=O)c1ccc(C(=O)N2CCN(S(=O)(=O)c3cccc(Cl)c3)CC2)cc1. The maximum atomic E-state index is 12.8. The lowest BCUT2D eigenvalue weighted by atomic mass is 10.2. The van der Waals surface area contributed by atoms with E-state index in [-0.39, 0.29) is 41.9 Å². The van der Waals surface area contributed by atoms with Gasteiger partial charge in [-0.05, 0) is 56.3 Å². The molecule has 0 aromatic heterocycles. The zero-order chi connectivity index (χ0) is 22.1. The molecular formula is C20H23ClN2O5S2. The van der Waals surface area contributed by atoms with Crippen LogP contribution in [0, 0.1) is 0 Å². The molecule has 3 rings (SSSR count). The van der Waals surface area contributed by atoms with Crippen molar-refractivity contribution < 1.29 is 21.6 Å². The Kier molecular flexibility index (Phi) is 6.57. The van der Waals surface area contributed by atoms with Crippen LogP contribution in [-0.4, -0.2) is 63.4 Å². The first-order valence-corrected chi connectivity index (χ1v) is 12.8. The summed E-state index contributed by atoms with van der Waals surface area (Å²) >= 11 is 5.91. The summed E-state index contributed by atoms with van der Waals surface area (Å²) in [5, 5.41) is -0.207. The molecule has 0 radical (unpaired) electrons. The topological polar surface area (TPSA) is 91.8 Å². The van der Waals surface area contributed by atoms with Crippen LogP contribution in [0.1, 0.15) is 24.2 Å². The summed E-state index contributed by atoms with van der Waals surface area (Å²) in [6, 6.07) is 11.9. The molecule has 162 valence electrons. The Bertz CT molecular complexity index is 1140. The largest absolute Gasteiger partial charge is 0.336 e. The van der Waals surface area contributed by atoms with Crippen LogP contribution in [0.15, 0.2) is 58.3 Å². The van der Waals surface area contributed by atoms with Gasteiger partial charge in [-0.15, -0.1) is 0 Å². The van der Waals surface area contributed by atoms with Gasteiger partial charge in [-0.25, -0.2) is 16.8 Å². The number of halogens is 1. The number of hydrogen-bond acceptors (Lipinski definition) is 5. The van der Waals surface area contributed by atoms with Crippen molar-refractivity contribution in [3.05, 3.63) is 59.1 Å². The van der Waals surface area contributed by atoms with Crippen LogP contribution in [0.3, 0.4) is 0 Å². The van der Waals surface area contributed by atoms with Crippen molar-refractivity contribution >= 4 is 37.4 Å². The van der Waals surface area contributed by atoms with Gasteiger partial charge >= 0.3 is 0 Å². The number of amides is 1. The van der Waals surface area contributed by atoms with Crippen molar-refractivity contribution in [2.75, 3.05) is 26.2 Å². The number of benzene rings is 2. The molecule has 0 atom stereocenters. The Morgan fingerprint density at radius 1 is 0.900 bits per heavy atom. The molecule has 2 aromatic carbocycles. The molecule has 7 nitrogen and oxygen atoms in total. The molecule has 0 N–H and O–H groups in total. The number of nitrogens with zero attached hydrogens (tertiary/aromatic N) is 2. The van der Waals surface area contributed by atoms with E-state index in [1.165, 1.54) is 40.7 Å². The van der Waals surface area contributed by atoms with E-state index in [1.807, 2.05) is 0 Å². The highest BCUT2D eigenvalue weighted by Gasteiger charge is 2.30. The van der Waals surface area contributed by atoms with E-state index in [9.17, 15) is 21.6 Å². The second-order valence-corrected chi connectivity index (χ2v) is 12.2. The van der Waals surface area contributed by atoms with Gasteiger partial charge in [0.15, 0.2) is 9.84 Å². The monoisotopic (exact) mass is 470 g/mol. The second-order valence-electron chi connectivity index (χ2n) is 7.27. The summed E-state index contributed by atoms with van der Waals surface area (Å²) in [7, 11) is -7.09. The summed E-state index contributed by atoms with van der Waals surface area (Å²) in [5.41, 5.74) is 0.365. The van der Waals surface area contributed by atoms with Crippen LogP contribution >= 0.6 is 11.6 Å². The number of sulfonamides is 1. The minimum atomic E-state index is -3.68. The normalized spacial score (nSPS) is 16.1. The molecule has 30 heavy (non-hydrogen) atoms. The highest BCUT2D eigenvalue weighted by atomic mass is 35.5. The summed E-state index contributed by atoms with van der Waals surface area (Å²) in [5.74, 6) is -0.261. The molecule has 1 amide bonds. The minimum absolute atomic E-state index is 0.122. The van der Waals surface area contributed by atoms with Crippen molar-refractivity contribution in [3.63, 3.8) is 0 Å². The average Bonchev–Trinajstić information content (AvgIpc) is 2.73. The van der Waals surface area contributed by atoms with Crippen molar-refractivity contribution in [1.29, 1.82) is 0 Å². The first kappa shape index (κ1) is 22.7. The molecule has 0 unspecified atom stereocenters. The van der Waals surface area contributed by atoms with Crippen LogP contribution in [-0.2, 0) is 19.9 Å². The lowest BCUT2D eigenvalue weighted by Gasteiger charge is -2.34. The van der Waals surface area contributed by atoms with Crippen LogP contribution in [0.25, 0.3) is 0 Å². The summed E-state index contributed by atoms with van der Waals surface area (Å²) in [6.45, 7) is 4.02. The van der Waals surface area contributed by atoms with Crippen LogP contribution < -0.4 is 0 Å². The molecule has 2 aromatic rings. The maximum absolute atomic E-state index is 12.8. The predicted molar refractivity (Wildman–Crippen MR) is 115 cm³/mol. The predicted octanol–water partition coefficient (Wildman–Crippen LogP) is 2.67. The van der Waals surface area contributed by atoms with Gasteiger partial charge in [0.25, 0.3) is 5.91 Å². The molecule has 0 spiro atoms. The lowest BCUT2D eigenvalue weighted by molar-refractivity contribution is 0.0698. The number of carbonyl (C=O) groups is 1. The van der Waals surface area contributed by atoms with Gasteiger partial charge in [-0.2, -0.15) is 4.31 Å². The summed E-state index contributed by atoms with van der Waals surface area (Å²) < 4.78 is 51.3. The number of hydrogen-bond donors (Lipinski definition) is 0. The van der Waals surface area contributed by atoms with Gasteiger partial charge in [-0.1, -0.05) is 17.7 Å². The third-order valence-electron chi connectivity index (χ3n) is 5.01. The smallest absolute Gasteiger partial charge is 0.253 e. The molecule has 1 aliphatic rings. The molecular weight excluding hydrogens is 448 g/mol. The minimum Gasteiger partial charge on any atom is -0.336 e. The molecule has 10 heteroatoms. The summed E-state index contributed by atoms with van der Waals surface area (Å²) in [4.78, 5) is 14.6. The molecule has 0 aliphatic carbocycles. The maximum Gasteiger partial charge on any atom is 0.253 e. The van der Waals surface area contributed by atoms with E-state index in [0.29, 0.717) is 10.6 Å². The van der Waals surface area contributed by atoms with Crippen molar-refractivity contribution in [2.45, 2.75) is 28.9 Å². The Morgan fingerprint density at radius 2 is 1.50 bits per heavy atom. The van der Waals surface area contributed by atoms with Gasteiger partial charge in [-0.3, -0.25) is 4.79 Å². The third-order valence-corrected chi connectivity index (χ3v) is 9.31. The molecule has 0 saturated carbocycles. The third kappa shape index (κ3) is 4.54. The van der Waals surface area contributed by atoms with E-state index in [4.69, 9.17) is 11.6 Å². The number of carbonyl (C=O) groups excluding carboxylic acids is 1. The fraction of sp³-hybridized carbons (Fsp3) is 0.350. The number of piperazine rings is 1. The van der Waals surface area contributed by atoms with Gasteiger partial charge in [0.1, 0.15) is 0 Å². The lowest BCUT2D eigenvalue weighted by Crippen LogP contribution is -2.50. The zero-order valence-electron chi connectivity index (χ0n) is 16.7. The first-order valence-electron chi connectivity index (χ1n) is 9.42. The second kappa shape index (κ2) is 8.66. The van der Waals surface area contributed by atoms with Crippen LogP contribution in [0.2, 0.25) is 5.02 Å². The van der Waals surface area contributed by atoms with Gasteiger partial charge in [0, 0.05) is 36.8 Å². The fourth-order valence-electron chi connectivity index (χ4n) is 3.15. The summed E-state index contributed by atoms with van der Waals surface area (Å²) in [6.07, 6.45) is 0. The van der Waals surface area contributed by atoms with Crippen molar-refractivity contribution in [2.24, 2.45) is 0 Å². The molecule has 1 fully saturated rings. The van der Waals surface area contributed by atoms with Gasteiger partial charge < -0.3 is 4.90 Å². The molecule has 0 bridgehead atoms. The highest BCUT2D eigenvalue weighted by molar-refractivity contribution is 7.92. The molecule has 1 aliphatic heterocycles. The highest BCUT2D eigenvalue weighted by Crippen LogP contribution is 2.22. The van der Waals surface area contributed by atoms with Crippen molar-refractivity contribution in [1.82, 2.24) is 9.21 Å². The Morgan fingerprint density at radius 3 is 2.03 bits per heavy atom. The standard InChI is InChI=1S/C20H23ClN2O5S2/c1-15(2)29(25,26)18-8-6-16(7-9-18)20(24)22-10-12-23(13-11-22)30(27,28)19-5-3-4-17(21)14-19/h3-9,14-15H,10-13H2,1-2H3. The quantitative estimate of drug-likeness (QED) is 0.669. The van der Waals surface area contributed by atoms with Crippen molar-refractivity contribution in [3.8, 4) is 0 Å². The van der Waals surface area contributed by atoms with E-state index in [1.54, 1.807) is 30.9 Å². The van der Waals surface area contributed by atoms with E-state index < -0.39 is 25.1 Å². The van der Waals surface area contributed by atoms with E-state index in [0.717, 1.165) is 0 Å². The Balaban J connectivity index is 1.68. The number of sulfone groups is 1. The van der Waals surface area contributed by atoms with E-state index in [2.05, 4.69) is 0 Å². The van der Waals surface area contributed by atoms with Crippen LogP contribution in [0.4, 0.5) is 0 Å². The van der Waals surface area contributed by atoms with Gasteiger partial charge in [0.05, 0.1) is 15.0 Å². The average molecular weight is 471 g/mol. The number of rotatable bonds is 5. The van der Waals surface area contributed by atoms with Crippen LogP contribution in [0.5, 0.6) is 0 Å². The fourth-order valence-corrected chi connectivity index (χ4v) is 5.93. The first-order chi connectivity index (χ1) is 14.0. The Hall–Kier alpha value is -1.94. The van der Waals surface area contributed by atoms with E-state index >= 15 is 0 Å². The Labute approximate surface area is 182 Å².